The van der Waals surface area contributed by atoms with Crippen LogP contribution in [0, 0.1) is 0 Å². The SMILES string of the molecule is O=S1(=O)CCC(NCC(O)COCc2ccco2)CC1. The van der Waals surface area contributed by atoms with Crippen molar-refractivity contribution in [1.82, 2.24) is 5.32 Å². The van der Waals surface area contributed by atoms with E-state index in [0.29, 0.717) is 26.0 Å². The van der Waals surface area contributed by atoms with Crippen molar-refractivity contribution in [2.75, 3.05) is 24.7 Å². The van der Waals surface area contributed by atoms with E-state index in [1.807, 2.05) is 6.07 Å². The lowest BCUT2D eigenvalue weighted by Gasteiger charge is -2.24. The number of furan rings is 1. The van der Waals surface area contributed by atoms with Gasteiger partial charge in [0.2, 0.25) is 0 Å². The first kappa shape index (κ1) is 15.5. The summed E-state index contributed by atoms with van der Waals surface area (Å²) < 4.78 is 33.0. The van der Waals surface area contributed by atoms with Crippen molar-refractivity contribution in [1.29, 1.82) is 0 Å². The van der Waals surface area contributed by atoms with Gasteiger partial charge in [0.1, 0.15) is 22.2 Å². The molecule has 0 aliphatic carbocycles. The highest BCUT2D eigenvalue weighted by Crippen LogP contribution is 2.12. The Morgan fingerprint density at radius 3 is 2.85 bits per heavy atom. The van der Waals surface area contributed by atoms with Crippen LogP contribution in [0.5, 0.6) is 0 Å². The molecule has 2 rings (SSSR count). The van der Waals surface area contributed by atoms with Gasteiger partial charge in [-0.1, -0.05) is 0 Å². The van der Waals surface area contributed by atoms with Crippen LogP contribution in [0.15, 0.2) is 22.8 Å². The number of sulfone groups is 1. The zero-order valence-electron chi connectivity index (χ0n) is 11.3. The normalized spacial score (nSPS) is 20.9. The number of nitrogens with one attached hydrogen (secondary N) is 1. The summed E-state index contributed by atoms with van der Waals surface area (Å²) in [6.07, 6.45) is 2.20. The lowest BCUT2D eigenvalue weighted by molar-refractivity contribution is 0.0214. The highest BCUT2D eigenvalue weighted by atomic mass is 32.2. The Morgan fingerprint density at radius 1 is 1.45 bits per heavy atom. The van der Waals surface area contributed by atoms with Crippen molar-refractivity contribution < 1.29 is 22.7 Å². The molecular weight excluding hydrogens is 282 g/mol. The summed E-state index contributed by atoms with van der Waals surface area (Å²) in [4.78, 5) is 0. The molecule has 6 nitrogen and oxygen atoms in total. The van der Waals surface area contributed by atoms with Gasteiger partial charge >= 0.3 is 0 Å². The first-order valence-electron chi connectivity index (χ1n) is 6.77. The molecule has 1 aliphatic heterocycles. The van der Waals surface area contributed by atoms with Gasteiger partial charge in [-0.15, -0.1) is 0 Å². The molecule has 20 heavy (non-hydrogen) atoms. The second-order valence-electron chi connectivity index (χ2n) is 5.08. The molecule has 0 radical (unpaired) electrons. The van der Waals surface area contributed by atoms with Gasteiger partial charge in [-0.2, -0.15) is 0 Å². The molecular formula is C13H21NO5S. The minimum atomic E-state index is -2.83. The zero-order valence-corrected chi connectivity index (χ0v) is 12.1. The van der Waals surface area contributed by atoms with Crippen molar-refractivity contribution in [3.05, 3.63) is 24.2 Å². The maximum atomic E-state index is 11.3. The summed E-state index contributed by atoms with van der Waals surface area (Å²) in [5.41, 5.74) is 0. The molecule has 1 fully saturated rings. The summed E-state index contributed by atoms with van der Waals surface area (Å²) in [6.45, 7) is 0.966. The largest absolute Gasteiger partial charge is 0.467 e. The standard InChI is InChI=1S/C13H21NO5S/c15-12(9-18-10-13-2-1-5-19-13)8-14-11-3-6-20(16,17)7-4-11/h1-2,5,11-12,14-15H,3-4,6-10H2. The van der Waals surface area contributed by atoms with E-state index in [4.69, 9.17) is 9.15 Å². The van der Waals surface area contributed by atoms with Gasteiger partial charge in [-0.3, -0.25) is 0 Å². The fourth-order valence-corrected chi connectivity index (χ4v) is 3.64. The molecule has 1 saturated heterocycles. The van der Waals surface area contributed by atoms with Crippen LogP contribution in [0.2, 0.25) is 0 Å². The molecule has 114 valence electrons. The van der Waals surface area contributed by atoms with Crippen LogP contribution in [0.3, 0.4) is 0 Å². The zero-order chi connectivity index (χ0) is 14.4. The van der Waals surface area contributed by atoms with E-state index < -0.39 is 15.9 Å². The van der Waals surface area contributed by atoms with Crippen LogP contribution >= 0.6 is 0 Å². The van der Waals surface area contributed by atoms with E-state index >= 15 is 0 Å². The van der Waals surface area contributed by atoms with E-state index in [2.05, 4.69) is 5.32 Å². The lowest BCUT2D eigenvalue weighted by Crippen LogP contribution is -2.42. The number of aliphatic hydroxyl groups excluding tert-OH is 1. The highest BCUT2D eigenvalue weighted by molar-refractivity contribution is 7.91. The molecule has 1 unspecified atom stereocenters. The molecule has 0 aromatic carbocycles. The molecule has 2 heterocycles. The lowest BCUT2D eigenvalue weighted by atomic mass is 10.1. The molecule has 1 atom stereocenters. The van der Waals surface area contributed by atoms with E-state index in [-0.39, 0.29) is 24.2 Å². The average Bonchev–Trinajstić information content (AvgIpc) is 2.91. The third-order valence-electron chi connectivity index (χ3n) is 3.33. The third kappa shape index (κ3) is 5.24. The highest BCUT2D eigenvalue weighted by Gasteiger charge is 2.23. The minimum absolute atomic E-state index is 0.165. The minimum Gasteiger partial charge on any atom is -0.467 e. The Morgan fingerprint density at radius 2 is 2.20 bits per heavy atom. The van der Waals surface area contributed by atoms with Crippen LogP contribution in [-0.4, -0.2) is 50.3 Å². The number of hydrogen-bond donors (Lipinski definition) is 2. The van der Waals surface area contributed by atoms with Gasteiger partial charge in [-0.05, 0) is 25.0 Å². The molecule has 1 aromatic heterocycles. The van der Waals surface area contributed by atoms with Gasteiger partial charge in [0.05, 0.1) is 30.5 Å². The van der Waals surface area contributed by atoms with Crippen LogP contribution in [0.4, 0.5) is 0 Å². The summed E-state index contributed by atoms with van der Waals surface area (Å²) in [6, 6.07) is 3.76. The molecule has 1 aliphatic rings. The molecule has 7 heteroatoms. The number of aliphatic hydroxyl groups is 1. The Hall–Kier alpha value is -0.890. The van der Waals surface area contributed by atoms with Gasteiger partial charge in [0, 0.05) is 12.6 Å². The second-order valence-corrected chi connectivity index (χ2v) is 7.39. The van der Waals surface area contributed by atoms with Crippen molar-refractivity contribution in [3.63, 3.8) is 0 Å². The van der Waals surface area contributed by atoms with Crippen LogP contribution < -0.4 is 5.32 Å². The maximum Gasteiger partial charge on any atom is 0.150 e. The van der Waals surface area contributed by atoms with E-state index in [0.717, 1.165) is 5.76 Å². The van der Waals surface area contributed by atoms with Gasteiger partial charge in [0.25, 0.3) is 0 Å². The van der Waals surface area contributed by atoms with Gasteiger partial charge < -0.3 is 19.6 Å². The smallest absolute Gasteiger partial charge is 0.150 e. The predicted molar refractivity (Wildman–Crippen MR) is 74.0 cm³/mol. The first-order chi connectivity index (χ1) is 9.55. The summed E-state index contributed by atoms with van der Waals surface area (Å²) in [7, 11) is -2.83. The van der Waals surface area contributed by atoms with Crippen molar-refractivity contribution in [3.8, 4) is 0 Å². The summed E-state index contributed by atoms with van der Waals surface area (Å²) >= 11 is 0. The number of ether oxygens (including phenoxy) is 1. The number of hydrogen-bond acceptors (Lipinski definition) is 6. The van der Waals surface area contributed by atoms with Gasteiger partial charge in [0.15, 0.2) is 0 Å². The molecule has 1 aromatic rings. The molecule has 0 spiro atoms. The Kier molecular flexibility index (Phi) is 5.59. The van der Waals surface area contributed by atoms with E-state index in [1.54, 1.807) is 12.3 Å². The van der Waals surface area contributed by atoms with E-state index in [9.17, 15) is 13.5 Å². The number of rotatable bonds is 7. The molecule has 0 saturated carbocycles. The predicted octanol–water partition coefficient (Wildman–Crippen LogP) is 0.324. The Bertz CT molecular complexity index is 471. The monoisotopic (exact) mass is 303 g/mol. The van der Waals surface area contributed by atoms with Crippen LogP contribution in [-0.2, 0) is 21.2 Å². The molecule has 0 amide bonds. The third-order valence-corrected chi connectivity index (χ3v) is 5.05. The topological polar surface area (TPSA) is 88.8 Å². The Labute approximate surface area is 119 Å². The maximum absolute atomic E-state index is 11.3. The van der Waals surface area contributed by atoms with Crippen molar-refractivity contribution in [2.24, 2.45) is 0 Å². The Balaban J connectivity index is 1.57. The molecule has 2 N–H and O–H groups in total. The summed E-state index contributed by atoms with van der Waals surface area (Å²) in [5, 5.41) is 13.0. The second kappa shape index (κ2) is 7.21. The summed E-state index contributed by atoms with van der Waals surface area (Å²) in [5.74, 6) is 1.19. The van der Waals surface area contributed by atoms with Gasteiger partial charge in [-0.25, -0.2) is 8.42 Å². The quantitative estimate of drug-likeness (QED) is 0.754. The van der Waals surface area contributed by atoms with Crippen molar-refractivity contribution in [2.45, 2.75) is 31.6 Å². The average molecular weight is 303 g/mol. The van der Waals surface area contributed by atoms with Crippen molar-refractivity contribution >= 4 is 9.84 Å². The van der Waals surface area contributed by atoms with Crippen LogP contribution in [0.25, 0.3) is 0 Å². The first-order valence-corrected chi connectivity index (χ1v) is 8.59. The van der Waals surface area contributed by atoms with Crippen LogP contribution in [0.1, 0.15) is 18.6 Å². The molecule has 0 bridgehead atoms. The fraction of sp³-hybridized carbons (Fsp3) is 0.692. The fourth-order valence-electron chi connectivity index (χ4n) is 2.15. The van der Waals surface area contributed by atoms with E-state index in [1.165, 1.54) is 0 Å².